The zero-order chi connectivity index (χ0) is 16.9. The van der Waals surface area contributed by atoms with Crippen LogP contribution in [0.5, 0.6) is 0 Å². The highest BCUT2D eigenvalue weighted by molar-refractivity contribution is 5.79. The Morgan fingerprint density at radius 2 is 2.21 bits per heavy atom. The maximum atomic E-state index is 13.1. The summed E-state index contributed by atoms with van der Waals surface area (Å²) in [6, 6.07) is 5.04. The van der Waals surface area contributed by atoms with E-state index in [1.54, 1.807) is 6.20 Å². The molecular formula is C19H30N4O. The van der Waals surface area contributed by atoms with E-state index in [1.807, 2.05) is 12.3 Å². The van der Waals surface area contributed by atoms with Crippen molar-refractivity contribution in [3.05, 3.63) is 30.1 Å². The van der Waals surface area contributed by atoms with E-state index in [9.17, 15) is 4.79 Å². The van der Waals surface area contributed by atoms with Crippen molar-refractivity contribution in [3.8, 4) is 0 Å². The van der Waals surface area contributed by atoms with Gasteiger partial charge in [-0.15, -0.1) is 0 Å². The van der Waals surface area contributed by atoms with E-state index in [-0.39, 0.29) is 18.0 Å². The maximum Gasteiger partial charge on any atom is 0.237 e. The van der Waals surface area contributed by atoms with Crippen LogP contribution >= 0.6 is 0 Å². The Labute approximate surface area is 145 Å². The summed E-state index contributed by atoms with van der Waals surface area (Å²) < 4.78 is 0. The average molecular weight is 330 g/mol. The Kier molecular flexibility index (Phi) is 5.85. The molecule has 1 aromatic rings. The van der Waals surface area contributed by atoms with Gasteiger partial charge in [0.05, 0.1) is 6.54 Å². The zero-order valence-corrected chi connectivity index (χ0v) is 14.9. The number of carbonyl (C=O) groups excluding carboxylic acids is 1. The molecule has 1 unspecified atom stereocenters. The van der Waals surface area contributed by atoms with Crippen LogP contribution in [0.4, 0.5) is 0 Å². The van der Waals surface area contributed by atoms with E-state index in [0.717, 1.165) is 32.5 Å². The molecule has 2 heterocycles. The monoisotopic (exact) mass is 330 g/mol. The van der Waals surface area contributed by atoms with Gasteiger partial charge in [-0.2, -0.15) is 0 Å². The molecule has 0 aromatic carbocycles. The minimum atomic E-state index is 0.231. The molecule has 132 valence electrons. The quantitative estimate of drug-likeness (QED) is 0.899. The van der Waals surface area contributed by atoms with Crippen molar-refractivity contribution in [2.24, 2.45) is 0 Å². The summed E-state index contributed by atoms with van der Waals surface area (Å²) in [5, 5.41) is 3.45. The van der Waals surface area contributed by atoms with Crippen LogP contribution in [0.2, 0.25) is 0 Å². The van der Waals surface area contributed by atoms with Gasteiger partial charge in [0.25, 0.3) is 0 Å². The van der Waals surface area contributed by atoms with Gasteiger partial charge in [-0.05, 0) is 38.3 Å². The predicted octanol–water partition coefficient (Wildman–Crippen LogP) is 2.21. The van der Waals surface area contributed by atoms with Crippen molar-refractivity contribution in [3.63, 3.8) is 0 Å². The van der Waals surface area contributed by atoms with E-state index < -0.39 is 0 Å². The first-order valence-electron chi connectivity index (χ1n) is 9.32. The first kappa shape index (κ1) is 17.4. The molecule has 24 heavy (non-hydrogen) atoms. The number of pyridine rings is 1. The topological polar surface area (TPSA) is 48.5 Å². The molecule has 1 saturated carbocycles. The molecule has 0 radical (unpaired) electrons. The number of amides is 1. The highest BCUT2D eigenvalue weighted by Gasteiger charge is 2.32. The van der Waals surface area contributed by atoms with E-state index in [2.05, 4.69) is 40.0 Å². The summed E-state index contributed by atoms with van der Waals surface area (Å²) >= 11 is 0. The van der Waals surface area contributed by atoms with Gasteiger partial charge in [0.2, 0.25) is 5.91 Å². The molecule has 1 aliphatic carbocycles. The van der Waals surface area contributed by atoms with Crippen molar-refractivity contribution in [2.75, 3.05) is 26.2 Å². The van der Waals surface area contributed by atoms with Crippen LogP contribution in [0.25, 0.3) is 0 Å². The van der Waals surface area contributed by atoms with Crippen LogP contribution in [0.1, 0.15) is 51.1 Å². The number of hydrogen-bond acceptors (Lipinski definition) is 4. The van der Waals surface area contributed by atoms with E-state index in [1.165, 1.54) is 18.4 Å². The molecule has 1 aromatic heterocycles. The van der Waals surface area contributed by atoms with E-state index in [0.29, 0.717) is 12.6 Å². The van der Waals surface area contributed by atoms with Crippen LogP contribution in [-0.4, -0.2) is 59.0 Å². The molecular weight excluding hydrogens is 300 g/mol. The number of carbonyl (C=O) groups is 1. The van der Waals surface area contributed by atoms with Crippen LogP contribution in [0, 0.1) is 0 Å². The van der Waals surface area contributed by atoms with Crippen molar-refractivity contribution < 1.29 is 4.79 Å². The Hall–Kier alpha value is -1.46. The van der Waals surface area contributed by atoms with Crippen molar-refractivity contribution >= 4 is 5.91 Å². The molecule has 0 bridgehead atoms. The van der Waals surface area contributed by atoms with Crippen LogP contribution in [-0.2, 0) is 4.79 Å². The van der Waals surface area contributed by atoms with Gasteiger partial charge in [-0.3, -0.25) is 14.7 Å². The second-order valence-electron chi connectivity index (χ2n) is 7.31. The second-order valence-corrected chi connectivity index (χ2v) is 7.31. The summed E-state index contributed by atoms with van der Waals surface area (Å²) in [6.45, 7) is 7.52. The molecule has 1 atom stereocenters. The van der Waals surface area contributed by atoms with E-state index >= 15 is 0 Å². The minimum Gasteiger partial charge on any atom is -0.336 e. The highest BCUT2D eigenvalue weighted by Crippen LogP contribution is 2.27. The molecule has 1 saturated heterocycles. The Morgan fingerprint density at radius 1 is 1.42 bits per heavy atom. The van der Waals surface area contributed by atoms with Crippen LogP contribution in [0.3, 0.4) is 0 Å². The lowest BCUT2D eigenvalue weighted by molar-refractivity contribution is -0.137. The third-order valence-electron chi connectivity index (χ3n) is 5.32. The van der Waals surface area contributed by atoms with Crippen LogP contribution in [0.15, 0.2) is 24.5 Å². The molecule has 5 heteroatoms. The average Bonchev–Trinajstić information content (AvgIpc) is 3.10. The lowest BCUT2D eigenvalue weighted by Crippen LogP contribution is -2.53. The summed E-state index contributed by atoms with van der Waals surface area (Å²) in [6.07, 6.45) is 8.57. The summed E-state index contributed by atoms with van der Waals surface area (Å²) in [5.74, 6) is 0.285. The van der Waals surface area contributed by atoms with Gasteiger partial charge < -0.3 is 10.2 Å². The number of piperazine rings is 1. The fourth-order valence-electron chi connectivity index (χ4n) is 4.19. The largest absolute Gasteiger partial charge is 0.336 e. The van der Waals surface area contributed by atoms with Crippen molar-refractivity contribution in [1.29, 1.82) is 0 Å². The Balaban J connectivity index is 1.70. The Morgan fingerprint density at radius 3 is 2.88 bits per heavy atom. The van der Waals surface area contributed by atoms with E-state index in [4.69, 9.17) is 0 Å². The fourth-order valence-corrected chi connectivity index (χ4v) is 4.19. The highest BCUT2D eigenvalue weighted by atomic mass is 16.2. The molecule has 2 aliphatic rings. The SMILES string of the molecule is CC(C)N(C(=O)CN1CCNCC1c1cccnc1)C1CCCC1. The maximum absolute atomic E-state index is 13.1. The third-order valence-corrected chi connectivity index (χ3v) is 5.32. The van der Waals surface area contributed by atoms with Gasteiger partial charge in [0, 0.05) is 50.2 Å². The smallest absolute Gasteiger partial charge is 0.237 e. The van der Waals surface area contributed by atoms with Gasteiger partial charge in [-0.25, -0.2) is 0 Å². The standard InChI is InChI=1S/C19H30N4O/c1-15(2)23(17-7-3-4-8-17)19(24)14-22-11-10-21-13-18(22)16-6-5-9-20-12-16/h5-6,9,12,15,17-18,21H,3-4,7-8,10-11,13-14H2,1-2H3. The third kappa shape index (κ3) is 3.95. The number of aromatic nitrogens is 1. The zero-order valence-electron chi connectivity index (χ0n) is 14.9. The molecule has 3 rings (SSSR count). The first-order chi connectivity index (χ1) is 11.7. The number of nitrogens with one attached hydrogen (secondary N) is 1. The fraction of sp³-hybridized carbons (Fsp3) is 0.684. The first-order valence-corrected chi connectivity index (χ1v) is 9.32. The molecule has 5 nitrogen and oxygen atoms in total. The van der Waals surface area contributed by atoms with Gasteiger partial charge >= 0.3 is 0 Å². The second kappa shape index (κ2) is 8.08. The predicted molar refractivity (Wildman–Crippen MR) is 95.7 cm³/mol. The lowest BCUT2D eigenvalue weighted by Gasteiger charge is -2.39. The number of nitrogens with zero attached hydrogens (tertiary/aromatic N) is 3. The molecule has 1 aliphatic heterocycles. The number of rotatable bonds is 5. The summed E-state index contributed by atoms with van der Waals surface area (Å²) in [7, 11) is 0. The van der Waals surface area contributed by atoms with Gasteiger partial charge in [0.15, 0.2) is 0 Å². The molecule has 2 fully saturated rings. The van der Waals surface area contributed by atoms with Crippen molar-refractivity contribution in [1.82, 2.24) is 20.1 Å². The normalized spacial score (nSPS) is 22.9. The molecule has 0 spiro atoms. The lowest BCUT2D eigenvalue weighted by atomic mass is 10.0. The Bertz CT molecular complexity index is 527. The van der Waals surface area contributed by atoms with Crippen molar-refractivity contribution in [2.45, 2.75) is 57.7 Å². The van der Waals surface area contributed by atoms with Gasteiger partial charge in [0.1, 0.15) is 0 Å². The summed E-state index contributed by atoms with van der Waals surface area (Å²) in [5.41, 5.74) is 1.19. The number of hydrogen-bond donors (Lipinski definition) is 1. The van der Waals surface area contributed by atoms with Gasteiger partial charge in [-0.1, -0.05) is 18.9 Å². The van der Waals surface area contributed by atoms with Crippen LogP contribution < -0.4 is 5.32 Å². The minimum absolute atomic E-state index is 0.231. The summed E-state index contributed by atoms with van der Waals surface area (Å²) in [4.78, 5) is 21.8. The molecule has 1 amide bonds. The molecule has 1 N–H and O–H groups in total.